The second-order valence-electron chi connectivity index (χ2n) is 4.24. The third-order valence-corrected chi connectivity index (χ3v) is 3.06. The number of hydrogen-bond donors (Lipinski definition) is 0. The lowest BCUT2D eigenvalue weighted by Gasteiger charge is -2.07. The van der Waals surface area contributed by atoms with Crippen LogP contribution in [0.25, 0.3) is 0 Å². The third kappa shape index (κ3) is 3.24. The van der Waals surface area contributed by atoms with E-state index in [0.29, 0.717) is 16.9 Å². The Labute approximate surface area is 119 Å². The molecule has 0 unspecified atom stereocenters. The molecule has 4 nitrogen and oxygen atoms in total. The Morgan fingerprint density at radius 3 is 2.70 bits per heavy atom. The predicted molar refractivity (Wildman–Crippen MR) is 73.6 cm³/mol. The van der Waals surface area contributed by atoms with Gasteiger partial charge in [-0.05, 0) is 42.3 Å². The zero-order chi connectivity index (χ0) is 14.7. The largest absolute Gasteiger partial charge is 0.489 e. The summed E-state index contributed by atoms with van der Waals surface area (Å²) in [7, 11) is 0. The van der Waals surface area contributed by atoms with E-state index in [4.69, 9.17) is 16.3 Å². The molecule has 2 aromatic rings. The standard InChI is InChI=1S/C14H11ClFNO3/c1-9-6-11(3-5-13(9)16)20-8-10-2-4-12(15)14(7-10)17(18)19/h2-7H,8H2,1H3. The highest BCUT2D eigenvalue weighted by atomic mass is 35.5. The summed E-state index contributed by atoms with van der Waals surface area (Å²) >= 11 is 5.72. The molecular formula is C14H11ClFNO3. The Morgan fingerprint density at radius 1 is 1.30 bits per heavy atom. The minimum absolute atomic E-state index is 0.0800. The second kappa shape index (κ2) is 5.88. The highest BCUT2D eigenvalue weighted by Gasteiger charge is 2.12. The summed E-state index contributed by atoms with van der Waals surface area (Å²) in [6.07, 6.45) is 0. The van der Waals surface area contributed by atoms with Gasteiger partial charge in [-0.3, -0.25) is 10.1 Å². The van der Waals surface area contributed by atoms with Gasteiger partial charge in [0.15, 0.2) is 0 Å². The van der Waals surface area contributed by atoms with E-state index < -0.39 is 4.92 Å². The molecule has 0 fully saturated rings. The minimum atomic E-state index is -0.548. The number of ether oxygens (including phenoxy) is 1. The van der Waals surface area contributed by atoms with Crippen LogP contribution in [-0.2, 0) is 6.61 Å². The molecule has 0 aliphatic rings. The molecule has 20 heavy (non-hydrogen) atoms. The molecule has 2 rings (SSSR count). The van der Waals surface area contributed by atoms with Crippen LogP contribution in [0.4, 0.5) is 10.1 Å². The van der Waals surface area contributed by atoms with E-state index in [9.17, 15) is 14.5 Å². The summed E-state index contributed by atoms with van der Waals surface area (Å²) < 4.78 is 18.6. The van der Waals surface area contributed by atoms with E-state index in [-0.39, 0.29) is 23.1 Å². The maximum absolute atomic E-state index is 13.1. The molecule has 2 aromatic carbocycles. The van der Waals surface area contributed by atoms with Gasteiger partial charge in [-0.25, -0.2) is 4.39 Å². The molecule has 0 amide bonds. The van der Waals surface area contributed by atoms with Crippen LogP contribution in [0.5, 0.6) is 5.75 Å². The first kappa shape index (κ1) is 14.3. The van der Waals surface area contributed by atoms with Crippen molar-refractivity contribution in [3.05, 3.63) is 68.5 Å². The van der Waals surface area contributed by atoms with Crippen molar-refractivity contribution < 1.29 is 14.1 Å². The number of hydrogen-bond acceptors (Lipinski definition) is 3. The van der Waals surface area contributed by atoms with E-state index in [0.717, 1.165) is 0 Å². The molecule has 0 saturated heterocycles. The van der Waals surface area contributed by atoms with Crippen molar-refractivity contribution in [2.45, 2.75) is 13.5 Å². The second-order valence-corrected chi connectivity index (χ2v) is 4.65. The number of aryl methyl sites for hydroxylation is 1. The average Bonchev–Trinajstić information content (AvgIpc) is 2.41. The van der Waals surface area contributed by atoms with E-state index in [1.807, 2.05) is 0 Å². The summed E-state index contributed by atoms with van der Waals surface area (Å²) in [5.41, 5.74) is 0.927. The number of halogens is 2. The van der Waals surface area contributed by atoms with Crippen molar-refractivity contribution in [2.75, 3.05) is 0 Å². The lowest BCUT2D eigenvalue weighted by molar-refractivity contribution is -0.384. The fraction of sp³-hybridized carbons (Fsp3) is 0.143. The van der Waals surface area contributed by atoms with E-state index in [1.165, 1.54) is 24.3 Å². The van der Waals surface area contributed by atoms with Crippen molar-refractivity contribution in [3.63, 3.8) is 0 Å². The maximum Gasteiger partial charge on any atom is 0.288 e. The topological polar surface area (TPSA) is 52.4 Å². The third-order valence-electron chi connectivity index (χ3n) is 2.74. The molecule has 104 valence electrons. The number of nitrogens with zero attached hydrogens (tertiary/aromatic N) is 1. The van der Waals surface area contributed by atoms with Crippen LogP contribution in [0.3, 0.4) is 0 Å². The maximum atomic E-state index is 13.1. The van der Waals surface area contributed by atoms with Gasteiger partial charge in [0.25, 0.3) is 5.69 Å². The molecule has 0 aromatic heterocycles. The van der Waals surface area contributed by atoms with Gasteiger partial charge >= 0.3 is 0 Å². The van der Waals surface area contributed by atoms with Gasteiger partial charge < -0.3 is 4.74 Å². The number of benzene rings is 2. The minimum Gasteiger partial charge on any atom is -0.489 e. The molecule has 0 heterocycles. The first-order valence-electron chi connectivity index (χ1n) is 5.79. The van der Waals surface area contributed by atoms with Gasteiger partial charge in [-0.15, -0.1) is 0 Å². The van der Waals surface area contributed by atoms with Crippen LogP contribution < -0.4 is 4.74 Å². The number of nitro groups is 1. The number of rotatable bonds is 4. The first-order chi connectivity index (χ1) is 9.47. The quantitative estimate of drug-likeness (QED) is 0.625. The van der Waals surface area contributed by atoms with E-state index in [1.54, 1.807) is 19.1 Å². The molecule has 0 N–H and O–H groups in total. The van der Waals surface area contributed by atoms with Crippen LogP contribution in [0.15, 0.2) is 36.4 Å². The molecular weight excluding hydrogens is 285 g/mol. The highest BCUT2D eigenvalue weighted by molar-refractivity contribution is 6.32. The molecule has 0 radical (unpaired) electrons. The van der Waals surface area contributed by atoms with E-state index >= 15 is 0 Å². The van der Waals surface area contributed by atoms with Crippen LogP contribution in [0.1, 0.15) is 11.1 Å². The summed E-state index contributed by atoms with van der Waals surface area (Å²) in [6.45, 7) is 1.78. The summed E-state index contributed by atoms with van der Waals surface area (Å²) in [4.78, 5) is 10.2. The van der Waals surface area contributed by atoms with Crippen LogP contribution in [-0.4, -0.2) is 4.92 Å². The van der Waals surface area contributed by atoms with Gasteiger partial charge in [-0.1, -0.05) is 17.7 Å². The van der Waals surface area contributed by atoms with Gasteiger partial charge in [0.1, 0.15) is 23.2 Å². The summed E-state index contributed by atoms with van der Waals surface area (Å²) in [5, 5.41) is 10.8. The van der Waals surface area contributed by atoms with Crippen molar-refractivity contribution >= 4 is 17.3 Å². The Bertz CT molecular complexity index is 661. The first-order valence-corrected chi connectivity index (χ1v) is 6.17. The molecule has 0 aliphatic heterocycles. The summed E-state index contributed by atoms with van der Waals surface area (Å²) in [6, 6.07) is 8.85. The zero-order valence-corrected chi connectivity index (χ0v) is 11.4. The van der Waals surface area contributed by atoms with Gasteiger partial charge in [0.2, 0.25) is 0 Å². The smallest absolute Gasteiger partial charge is 0.288 e. The SMILES string of the molecule is Cc1cc(OCc2ccc(Cl)c([N+](=O)[O-])c2)ccc1F. The predicted octanol–water partition coefficient (Wildman–Crippen LogP) is 4.27. The van der Waals surface area contributed by atoms with Crippen molar-refractivity contribution in [3.8, 4) is 5.75 Å². The zero-order valence-electron chi connectivity index (χ0n) is 10.6. The number of nitro benzene ring substituents is 1. The van der Waals surface area contributed by atoms with Crippen molar-refractivity contribution in [2.24, 2.45) is 0 Å². The highest BCUT2D eigenvalue weighted by Crippen LogP contribution is 2.26. The van der Waals surface area contributed by atoms with Crippen molar-refractivity contribution in [1.29, 1.82) is 0 Å². The van der Waals surface area contributed by atoms with Gasteiger partial charge in [0, 0.05) is 6.07 Å². The monoisotopic (exact) mass is 295 g/mol. The molecule has 0 spiro atoms. The van der Waals surface area contributed by atoms with Crippen LogP contribution in [0.2, 0.25) is 5.02 Å². The van der Waals surface area contributed by atoms with Gasteiger partial charge in [0.05, 0.1) is 4.92 Å². The fourth-order valence-electron chi connectivity index (χ4n) is 1.66. The normalized spacial score (nSPS) is 10.3. The molecule has 6 heteroatoms. The van der Waals surface area contributed by atoms with E-state index in [2.05, 4.69) is 0 Å². The van der Waals surface area contributed by atoms with Crippen LogP contribution in [0, 0.1) is 22.9 Å². The Morgan fingerprint density at radius 2 is 2.05 bits per heavy atom. The molecule has 0 bridgehead atoms. The molecule has 0 saturated carbocycles. The Kier molecular flexibility index (Phi) is 4.20. The van der Waals surface area contributed by atoms with Crippen LogP contribution >= 0.6 is 11.6 Å². The average molecular weight is 296 g/mol. The molecule has 0 aliphatic carbocycles. The molecule has 0 atom stereocenters. The van der Waals surface area contributed by atoms with Crippen molar-refractivity contribution in [1.82, 2.24) is 0 Å². The fourth-order valence-corrected chi connectivity index (χ4v) is 1.85. The lowest BCUT2D eigenvalue weighted by Crippen LogP contribution is -1.98. The summed E-state index contributed by atoms with van der Waals surface area (Å²) in [5.74, 6) is 0.195. The van der Waals surface area contributed by atoms with Gasteiger partial charge in [-0.2, -0.15) is 0 Å². The lowest BCUT2D eigenvalue weighted by atomic mass is 10.2. The Balaban J connectivity index is 2.12. The Hall–Kier alpha value is -2.14.